The van der Waals surface area contributed by atoms with Crippen LogP contribution in [0.25, 0.3) is 0 Å². The lowest BCUT2D eigenvalue weighted by molar-refractivity contribution is 0.285. The molecule has 0 fully saturated rings. The maximum atomic E-state index is 13.5. The molecule has 0 bridgehead atoms. The number of aryl methyl sites for hydroxylation is 1. The minimum Gasteiger partial charge on any atom is -0.484 e. The summed E-state index contributed by atoms with van der Waals surface area (Å²) in [5.74, 6) is -0.120. The Morgan fingerprint density at radius 1 is 1.22 bits per heavy atom. The molecule has 3 nitrogen and oxygen atoms in total. The van der Waals surface area contributed by atoms with Crippen molar-refractivity contribution in [3.05, 3.63) is 59.2 Å². The van der Waals surface area contributed by atoms with E-state index in [0.717, 1.165) is 17.0 Å². The number of halogens is 1. The van der Waals surface area contributed by atoms with Gasteiger partial charge < -0.3 is 10.5 Å². The Bertz CT molecular complexity index is 543. The first-order chi connectivity index (χ1) is 8.69. The van der Waals surface area contributed by atoms with E-state index in [1.807, 2.05) is 25.1 Å². The number of nitrogens with two attached hydrogens (primary N) is 1. The molecule has 0 atom stereocenters. The number of aromatic nitrogens is 1. The number of benzene rings is 1. The van der Waals surface area contributed by atoms with Crippen LogP contribution in [0, 0.1) is 12.7 Å². The van der Waals surface area contributed by atoms with E-state index in [4.69, 9.17) is 10.5 Å². The third-order valence-electron chi connectivity index (χ3n) is 2.54. The molecule has 0 saturated carbocycles. The van der Waals surface area contributed by atoms with E-state index in [0.29, 0.717) is 6.54 Å². The van der Waals surface area contributed by atoms with Crippen molar-refractivity contribution in [1.82, 2.24) is 4.98 Å². The zero-order valence-corrected chi connectivity index (χ0v) is 10.2. The van der Waals surface area contributed by atoms with Gasteiger partial charge in [0.15, 0.2) is 11.6 Å². The van der Waals surface area contributed by atoms with E-state index in [2.05, 4.69) is 4.98 Å². The van der Waals surface area contributed by atoms with Crippen LogP contribution in [0.3, 0.4) is 0 Å². The predicted octanol–water partition coefficient (Wildman–Crippen LogP) is 2.57. The molecule has 2 rings (SSSR count). The minimum absolute atomic E-state index is 0.230. The van der Waals surface area contributed by atoms with E-state index >= 15 is 0 Å². The third-order valence-corrected chi connectivity index (χ3v) is 2.54. The van der Waals surface area contributed by atoms with E-state index in [9.17, 15) is 4.39 Å². The molecule has 1 heterocycles. The SMILES string of the molecule is Cc1ccc(F)c(OCc2cccc(CN)n2)c1. The molecule has 1 aromatic carbocycles. The number of rotatable bonds is 4. The molecule has 0 aliphatic heterocycles. The smallest absolute Gasteiger partial charge is 0.165 e. The van der Waals surface area contributed by atoms with Gasteiger partial charge in [0.2, 0.25) is 0 Å². The Balaban J connectivity index is 2.08. The highest BCUT2D eigenvalue weighted by Gasteiger charge is 2.04. The Kier molecular flexibility index (Phi) is 3.89. The molecule has 0 aliphatic carbocycles. The molecule has 2 aromatic rings. The molecule has 4 heteroatoms. The quantitative estimate of drug-likeness (QED) is 0.902. The topological polar surface area (TPSA) is 48.1 Å². The highest BCUT2D eigenvalue weighted by molar-refractivity contribution is 5.29. The number of hydrogen-bond acceptors (Lipinski definition) is 3. The van der Waals surface area contributed by atoms with Gasteiger partial charge in [0.1, 0.15) is 6.61 Å². The van der Waals surface area contributed by atoms with E-state index in [1.54, 1.807) is 12.1 Å². The highest BCUT2D eigenvalue weighted by atomic mass is 19.1. The van der Waals surface area contributed by atoms with Crippen LogP contribution in [-0.2, 0) is 13.2 Å². The number of nitrogens with zero attached hydrogens (tertiary/aromatic N) is 1. The largest absolute Gasteiger partial charge is 0.484 e. The van der Waals surface area contributed by atoms with Crippen molar-refractivity contribution in [2.75, 3.05) is 0 Å². The van der Waals surface area contributed by atoms with E-state index in [-0.39, 0.29) is 18.2 Å². The molecule has 0 saturated heterocycles. The molecule has 94 valence electrons. The molecule has 0 spiro atoms. The maximum Gasteiger partial charge on any atom is 0.165 e. The highest BCUT2D eigenvalue weighted by Crippen LogP contribution is 2.19. The molecular weight excluding hydrogens is 231 g/mol. The molecule has 1 aromatic heterocycles. The number of ether oxygens (including phenoxy) is 1. The first kappa shape index (κ1) is 12.5. The summed E-state index contributed by atoms with van der Waals surface area (Å²) in [6, 6.07) is 10.3. The fraction of sp³-hybridized carbons (Fsp3) is 0.214. The van der Waals surface area contributed by atoms with Gasteiger partial charge in [0.05, 0.1) is 11.4 Å². The van der Waals surface area contributed by atoms with E-state index < -0.39 is 0 Å². The summed E-state index contributed by atoms with van der Waals surface area (Å²) in [5, 5.41) is 0. The van der Waals surface area contributed by atoms with Gasteiger partial charge in [-0.3, -0.25) is 4.98 Å². The second-order valence-corrected chi connectivity index (χ2v) is 4.05. The van der Waals surface area contributed by atoms with Gasteiger partial charge in [0.25, 0.3) is 0 Å². The lowest BCUT2D eigenvalue weighted by atomic mass is 10.2. The van der Waals surface area contributed by atoms with Crippen molar-refractivity contribution < 1.29 is 9.13 Å². The second kappa shape index (κ2) is 5.60. The van der Waals surface area contributed by atoms with Crippen LogP contribution in [0.4, 0.5) is 4.39 Å². The molecule has 0 amide bonds. The predicted molar refractivity (Wildman–Crippen MR) is 67.6 cm³/mol. The molecule has 0 radical (unpaired) electrons. The summed E-state index contributed by atoms with van der Waals surface area (Å²) in [7, 11) is 0. The van der Waals surface area contributed by atoms with Gasteiger partial charge >= 0.3 is 0 Å². The zero-order chi connectivity index (χ0) is 13.0. The molecule has 0 aliphatic rings. The van der Waals surface area contributed by atoms with Crippen molar-refractivity contribution in [1.29, 1.82) is 0 Å². The van der Waals surface area contributed by atoms with Crippen LogP contribution in [0.5, 0.6) is 5.75 Å². The Morgan fingerprint density at radius 2 is 2.00 bits per heavy atom. The maximum absolute atomic E-state index is 13.5. The lowest BCUT2D eigenvalue weighted by Gasteiger charge is -2.08. The van der Waals surface area contributed by atoms with Crippen LogP contribution in [0.1, 0.15) is 17.0 Å². The average molecular weight is 246 g/mol. The third kappa shape index (κ3) is 3.05. The van der Waals surface area contributed by atoms with Gasteiger partial charge in [-0.25, -0.2) is 4.39 Å². The first-order valence-electron chi connectivity index (χ1n) is 5.73. The summed E-state index contributed by atoms with van der Waals surface area (Å²) < 4.78 is 18.9. The van der Waals surface area contributed by atoms with E-state index in [1.165, 1.54) is 6.07 Å². The summed E-state index contributed by atoms with van der Waals surface area (Å²) in [4.78, 5) is 4.29. The summed E-state index contributed by atoms with van der Waals surface area (Å²) in [5.41, 5.74) is 7.99. The van der Waals surface area contributed by atoms with Crippen molar-refractivity contribution in [3.8, 4) is 5.75 Å². The van der Waals surface area contributed by atoms with Crippen LogP contribution >= 0.6 is 0 Å². The number of pyridine rings is 1. The summed E-state index contributed by atoms with van der Waals surface area (Å²) in [6.07, 6.45) is 0. The molecular formula is C14H15FN2O. The first-order valence-corrected chi connectivity index (χ1v) is 5.73. The van der Waals surface area contributed by atoms with Crippen molar-refractivity contribution in [2.45, 2.75) is 20.1 Å². The zero-order valence-electron chi connectivity index (χ0n) is 10.2. The standard InChI is InChI=1S/C14H15FN2O/c1-10-5-6-13(15)14(7-10)18-9-12-4-2-3-11(8-16)17-12/h2-7H,8-9,16H2,1H3. The number of hydrogen-bond donors (Lipinski definition) is 1. The van der Waals surface area contributed by atoms with Gasteiger partial charge in [-0.2, -0.15) is 0 Å². The van der Waals surface area contributed by atoms with Crippen LogP contribution in [0.15, 0.2) is 36.4 Å². The lowest BCUT2D eigenvalue weighted by Crippen LogP contribution is -2.04. The van der Waals surface area contributed by atoms with Crippen molar-refractivity contribution in [3.63, 3.8) is 0 Å². The molecule has 18 heavy (non-hydrogen) atoms. The fourth-order valence-electron chi connectivity index (χ4n) is 1.60. The second-order valence-electron chi connectivity index (χ2n) is 4.05. The molecule has 2 N–H and O–H groups in total. The monoisotopic (exact) mass is 246 g/mol. The van der Waals surface area contributed by atoms with Gasteiger partial charge in [0, 0.05) is 6.54 Å². The van der Waals surface area contributed by atoms with Gasteiger partial charge in [-0.15, -0.1) is 0 Å². The van der Waals surface area contributed by atoms with Crippen LogP contribution in [-0.4, -0.2) is 4.98 Å². The normalized spacial score (nSPS) is 10.4. The van der Waals surface area contributed by atoms with Crippen LogP contribution < -0.4 is 10.5 Å². The summed E-state index contributed by atoms with van der Waals surface area (Å²) >= 11 is 0. The average Bonchev–Trinajstić information content (AvgIpc) is 2.40. The van der Waals surface area contributed by atoms with Crippen molar-refractivity contribution in [2.24, 2.45) is 5.73 Å². The summed E-state index contributed by atoms with van der Waals surface area (Å²) in [6.45, 7) is 2.50. The Labute approximate surface area is 105 Å². The molecule has 0 unspecified atom stereocenters. The van der Waals surface area contributed by atoms with Gasteiger partial charge in [-0.1, -0.05) is 12.1 Å². The minimum atomic E-state index is -0.365. The van der Waals surface area contributed by atoms with Gasteiger partial charge in [-0.05, 0) is 36.8 Å². The fourth-order valence-corrected chi connectivity index (χ4v) is 1.60. The Hall–Kier alpha value is -1.94. The van der Waals surface area contributed by atoms with Crippen molar-refractivity contribution >= 4 is 0 Å². The van der Waals surface area contributed by atoms with Crippen LogP contribution in [0.2, 0.25) is 0 Å². The Morgan fingerprint density at radius 3 is 2.78 bits per heavy atom.